The van der Waals surface area contributed by atoms with Crippen LogP contribution < -0.4 is 5.32 Å². The van der Waals surface area contributed by atoms with Crippen molar-refractivity contribution in [3.05, 3.63) is 6.54 Å². The van der Waals surface area contributed by atoms with Gasteiger partial charge in [0.2, 0.25) is 0 Å². The number of nitrogens with one attached hydrogen (secondary N) is 1. The predicted molar refractivity (Wildman–Crippen MR) is 39.9 cm³/mol. The zero-order chi connectivity index (χ0) is 6.74. The van der Waals surface area contributed by atoms with E-state index in [1.54, 1.807) is 0 Å². The van der Waals surface area contributed by atoms with E-state index >= 15 is 0 Å². The van der Waals surface area contributed by atoms with Crippen LogP contribution in [0.2, 0.25) is 0 Å². The van der Waals surface area contributed by atoms with Crippen molar-refractivity contribution >= 4 is 0 Å². The number of hydrogen-bond donors (Lipinski definition) is 1. The average molecular weight is 126 g/mol. The van der Waals surface area contributed by atoms with Crippen LogP contribution in [0.1, 0.15) is 33.1 Å². The summed E-state index contributed by atoms with van der Waals surface area (Å²) < 4.78 is 0. The van der Waals surface area contributed by atoms with E-state index in [1.165, 1.54) is 25.8 Å². The van der Waals surface area contributed by atoms with E-state index in [-0.39, 0.29) is 0 Å². The van der Waals surface area contributed by atoms with E-state index in [0.717, 1.165) is 0 Å². The Morgan fingerprint density at radius 3 is 2.89 bits per heavy atom. The molecule has 1 aliphatic heterocycles. The van der Waals surface area contributed by atoms with Crippen molar-refractivity contribution in [3.63, 3.8) is 0 Å². The minimum atomic E-state index is 0.427. The predicted octanol–water partition coefficient (Wildman–Crippen LogP) is 1.95. The van der Waals surface area contributed by atoms with Crippen LogP contribution in [0.5, 0.6) is 0 Å². The zero-order valence-electron chi connectivity index (χ0n) is 6.41. The molecular weight excluding hydrogens is 110 g/mol. The summed E-state index contributed by atoms with van der Waals surface area (Å²) in [5.74, 6) is 0. The van der Waals surface area contributed by atoms with E-state index in [0.29, 0.717) is 5.41 Å². The zero-order valence-corrected chi connectivity index (χ0v) is 6.41. The van der Waals surface area contributed by atoms with Gasteiger partial charge in [0.25, 0.3) is 0 Å². The minimum absolute atomic E-state index is 0.427. The molecule has 1 rings (SSSR count). The smallest absolute Gasteiger partial charge is 0.0277 e. The maximum atomic E-state index is 3.31. The molecule has 1 aliphatic rings. The summed E-state index contributed by atoms with van der Waals surface area (Å²) in [5.41, 5.74) is 0.427. The average Bonchev–Trinajstić information content (AvgIpc) is 1.92. The summed E-state index contributed by atoms with van der Waals surface area (Å²) in [7, 11) is 0. The Balaban J connectivity index is 2.36. The lowest BCUT2D eigenvalue weighted by atomic mass is 9.88. The number of hydrogen-bond acceptors (Lipinski definition) is 1. The van der Waals surface area contributed by atoms with Crippen LogP contribution in [-0.4, -0.2) is 6.54 Å². The van der Waals surface area contributed by atoms with Crippen LogP contribution >= 0.6 is 0 Å². The molecule has 0 aliphatic carbocycles. The molecule has 1 fully saturated rings. The third-order valence-electron chi connectivity index (χ3n) is 1.89. The SMILES string of the molecule is CC1(C)[CH]NCCCC1. The summed E-state index contributed by atoms with van der Waals surface area (Å²) in [5, 5.41) is 3.31. The maximum Gasteiger partial charge on any atom is 0.0277 e. The molecule has 0 spiro atoms. The maximum absolute atomic E-state index is 3.31. The van der Waals surface area contributed by atoms with Gasteiger partial charge in [-0.3, -0.25) is 0 Å². The normalized spacial score (nSPS) is 27.3. The second kappa shape index (κ2) is 2.70. The second-order valence-corrected chi connectivity index (χ2v) is 3.54. The molecule has 1 heterocycles. The molecule has 0 aromatic carbocycles. The highest BCUT2D eigenvalue weighted by molar-refractivity contribution is 4.84. The van der Waals surface area contributed by atoms with Gasteiger partial charge in [-0.15, -0.1) is 0 Å². The quantitative estimate of drug-likeness (QED) is 0.523. The molecule has 0 aromatic heterocycles. The molecule has 0 saturated carbocycles. The van der Waals surface area contributed by atoms with Gasteiger partial charge in [-0.1, -0.05) is 20.3 Å². The monoisotopic (exact) mass is 126 g/mol. The van der Waals surface area contributed by atoms with Crippen molar-refractivity contribution in [2.45, 2.75) is 33.1 Å². The van der Waals surface area contributed by atoms with Crippen LogP contribution in [0, 0.1) is 12.0 Å². The Morgan fingerprint density at radius 1 is 1.33 bits per heavy atom. The molecule has 9 heavy (non-hydrogen) atoms. The number of rotatable bonds is 0. The van der Waals surface area contributed by atoms with Crippen molar-refractivity contribution in [2.75, 3.05) is 6.54 Å². The molecule has 1 heteroatoms. The molecule has 0 aromatic rings. The first-order valence-electron chi connectivity index (χ1n) is 3.78. The van der Waals surface area contributed by atoms with Crippen LogP contribution in [0.25, 0.3) is 0 Å². The Morgan fingerprint density at radius 2 is 2.11 bits per heavy atom. The second-order valence-electron chi connectivity index (χ2n) is 3.54. The lowest BCUT2D eigenvalue weighted by molar-refractivity contribution is 0.388. The van der Waals surface area contributed by atoms with E-state index in [4.69, 9.17) is 0 Å². The van der Waals surface area contributed by atoms with Gasteiger partial charge in [-0.2, -0.15) is 0 Å². The summed E-state index contributed by atoms with van der Waals surface area (Å²) in [6, 6.07) is 0. The first-order valence-corrected chi connectivity index (χ1v) is 3.78. The molecule has 53 valence electrons. The highest BCUT2D eigenvalue weighted by Gasteiger charge is 2.18. The molecule has 1 nitrogen and oxygen atoms in total. The fourth-order valence-electron chi connectivity index (χ4n) is 1.23. The van der Waals surface area contributed by atoms with Crippen molar-refractivity contribution in [3.8, 4) is 0 Å². The van der Waals surface area contributed by atoms with Gasteiger partial charge in [0.15, 0.2) is 0 Å². The van der Waals surface area contributed by atoms with Gasteiger partial charge < -0.3 is 5.32 Å². The molecule has 0 amide bonds. The summed E-state index contributed by atoms with van der Waals surface area (Å²) >= 11 is 0. The molecule has 0 atom stereocenters. The topological polar surface area (TPSA) is 12.0 Å². The third-order valence-corrected chi connectivity index (χ3v) is 1.89. The van der Waals surface area contributed by atoms with Crippen LogP contribution in [0.15, 0.2) is 0 Å². The first-order chi connectivity index (χ1) is 4.21. The van der Waals surface area contributed by atoms with Crippen LogP contribution in [0.4, 0.5) is 0 Å². The Kier molecular flexibility index (Phi) is 2.12. The highest BCUT2D eigenvalue weighted by atomic mass is 14.9. The fraction of sp³-hybridized carbons (Fsp3) is 0.875. The van der Waals surface area contributed by atoms with Gasteiger partial charge >= 0.3 is 0 Å². The first kappa shape index (κ1) is 7.07. The molecular formula is C8H16N. The molecule has 1 saturated heterocycles. The molecule has 0 unspecified atom stereocenters. The van der Waals surface area contributed by atoms with Crippen molar-refractivity contribution in [1.29, 1.82) is 0 Å². The van der Waals surface area contributed by atoms with E-state index in [2.05, 4.69) is 25.7 Å². The Labute approximate surface area is 57.8 Å². The summed E-state index contributed by atoms with van der Waals surface area (Å²) in [6.45, 7) is 7.97. The van der Waals surface area contributed by atoms with Gasteiger partial charge in [0, 0.05) is 6.54 Å². The fourth-order valence-corrected chi connectivity index (χ4v) is 1.23. The van der Waals surface area contributed by atoms with Crippen molar-refractivity contribution < 1.29 is 0 Å². The van der Waals surface area contributed by atoms with Crippen LogP contribution in [-0.2, 0) is 0 Å². The summed E-state index contributed by atoms with van der Waals surface area (Å²) in [6.07, 6.45) is 4.04. The third kappa shape index (κ3) is 2.35. The molecule has 1 N–H and O–H groups in total. The summed E-state index contributed by atoms with van der Waals surface area (Å²) in [4.78, 5) is 0. The van der Waals surface area contributed by atoms with E-state index in [9.17, 15) is 0 Å². The van der Waals surface area contributed by atoms with Crippen molar-refractivity contribution in [2.24, 2.45) is 5.41 Å². The van der Waals surface area contributed by atoms with E-state index < -0.39 is 0 Å². The van der Waals surface area contributed by atoms with Gasteiger partial charge in [-0.25, -0.2) is 0 Å². The minimum Gasteiger partial charge on any atom is -0.312 e. The lowest BCUT2D eigenvalue weighted by Gasteiger charge is -2.20. The molecule has 0 bridgehead atoms. The van der Waals surface area contributed by atoms with Gasteiger partial charge in [-0.05, 0) is 24.8 Å². The van der Waals surface area contributed by atoms with Gasteiger partial charge in [0.05, 0.1) is 0 Å². The van der Waals surface area contributed by atoms with E-state index in [1.807, 2.05) is 0 Å². The Bertz CT molecular complexity index is 76.6. The highest BCUT2D eigenvalue weighted by Crippen LogP contribution is 2.26. The Hall–Kier alpha value is -0.0400. The largest absolute Gasteiger partial charge is 0.312 e. The van der Waals surface area contributed by atoms with Gasteiger partial charge in [0.1, 0.15) is 0 Å². The lowest BCUT2D eigenvalue weighted by Crippen LogP contribution is -2.20. The van der Waals surface area contributed by atoms with Crippen molar-refractivity contribution in [1.82, 2.24) is 5.32 Å². The molecule has 1 radical (unpaired) electrons. The standard InChI is InChI=1S/C8H16N/c1-8(2)5-3-4-6-9-7-8/h7,9H,3-6H2,1-2H3. The van der Waals surface area contributed by atoms with Crippen LogP contribution in [0.3, 0.4) is 0 Å².